The summed E-state index contributed by atoms with van der Waals surface area (Å²) in [5.41, 5.74) is 2.07. The minimum Gasteiger partial charge on any atom is -0.497 e. The second-order valence-corrected chi connectivity index (χ2v) is 20.1. The van der Waals surface area contributed by atoms with Crippen molar-refractivity contribution in [3.8, 4) is 11.5 Å². The van der Waals surface area contributed by atoms with Crippen molar-refractivity contribution in [2.75, 3.05) is 50.7 Å². The highest BCUT2D eigenvalue weighted by Gasteiger charge is 2.44. The second-order valence-electron chi connectivity index (χ2n) is 15.4. The zero-order valence-electron chi connectivity index (χ0n) is 36.2. The third kappa shape index (κ3) is 11.2. The van der Waals surface area contributed by atoms with Gasteiger partial charge in [-0.3, -0.25) is 18.8 Å². The molecule has 2 aliphatic heterocycles. The first-order valence-corrected chi connectivity index (χ1v) is 25.3. The number of aromatic nitrogens is 2. The molecule has 0 radical (unpaired) electrons. The molecule has 3 heterocycles. The van der Waals surface area contributed by atoms with Gasteiger partial charge in [0.2, 0.25) is 5.12 Å². The van der Waals surface area contributed by atoms with E-state index >= 15 is 0 Å². The summed E-state index contributed by atoms with van der Waals surface area (Å²) >= 11 is 3.04. The molecule has 65 heavy (non-hydrogen) atoms. The fraction of sp³-hybridized carbons (Fsp3) is 0.280. The van der Waals surface area contributed by atoms with Crippen molar-refractivity contribution in [3.63, 3.8) is 0 Å². The zero-order chi connectivity index (χ0) is 45.0. The van der Waals surface area contributed by atoms with E-state index in [4.69, 9.17) is 23.5 Å². The van der Waals surface area contributed by atoms with Gasteiger partial charge in [-0.15, -0.1) is 0 Å². The molecule has 4 atom stereocenters. The van der Waals surface area contributed by atoms with Crippen molar-refractivity contribution >= 4 is 47.5 Å². The first-order chi connectivity index (χ1) is 31.8. The van der Waals surface area contributed by atoms with Crippen molar-refractivity contribution in [1.82, 2.24) is 14.2 Å². The lowest BCUT2D eigenvalue weighted by atomic mass is 9.80. The minimum atomic E-state index is -1.19. The molecule has 8 rings (SSSR count). The number of nitrogens with one attached hydrogen (secondary N) is 1. The Hall–Kier alpha value is -5.31. The Morgan fingerprint density at radius 2 is 1.32 bits per heavy atom. The number of thioether (sulfide) groups is 1. The van der Waals surface area contributed by atoms with Crippen LogP contribution >= 0.6 is 30.6 Å². The number of rotatable bonds is 19. The predicted octanol–water partition coefficient (Wildman–Crippen LogP) is 9.82. The molecule has 1 unspecified atom stereocenters. The lowest BCUT2D eigenvalue weighted by molar-refractivity contribution is -0.0910. The molecule has 1 aromatic heterocycles. The maximum atomic E-state index is 13.8. The second kappa shape index (κ2) is 22.3. The predicted molar refractivity (Wildman–Crippen MR) is 258 cm³/mol. The summed E-state index contributed by atoms with van der Waals surface area (Å²) in [5.74, 6) is 2.51. The molecule has 12 nitrogen and oxygen atoms in total. The Morgan fingerprint density at radius 1 is 0.754 bits per heavy atom. The van der Waals surface area contributed by atoms with Gasteiger partial charge in [0.1, 0.15) is 35.2 Å². The summed E-state index contributed by atoms with van der Waals surface area (Å²) in [4.78, 5) is 43.9. The molecule has 0 saturated carbocycles. The Balaban J connectivity index is 1.10. The van der Waals surface area contributed by atoms with E-state index in [0.717, 1.165) is 42.6 Å². The van der Waals surface area contributed by atoms with Crippen LogP contribution in [0.3, 0.4) is 0 Å². The maximum absolute atomic E-state index is 13.8. The van der Waals surface area contributed by atoms with Gasteiger partial charge >= 0.3 is 5.69 Å². The number of carbonyl (C=O) groups is 2. The van der Waals surface area contributed by atoms with Gasteiger partial charge in [0, 0.05) is 48.3 Å². The van der Waals surface area contributed by atoms with Gasteiger partial charge in [0.15, 0.2) is 7.50 Å². The monoisotopic (exact) mass is 930 g/mol. The molecule has 1 amide bonds. The third-order valence-corrected chi connectivity index (χ3v) is 16.5. The SMILES string of the molecule is COc1ccc(C(OC[C@H]2O[C@@H](n3ccc(NC(=O)c4ccccc4)nc3=O)C[C@@H]2OP(SCCSC(=O)c2ccccc2)N2CCCC2)(c2ccccc2)c2ccc(OC)cc2)cc1. The molecule has 15 heteroatoms. The van der Waals surface area contributed by atoms with Crippen LogP contribution in [0.4, 0.5) is 5.82 Å². The van der Waals surface area contributed by atoms with Crippen LogP contribution in [0.15, 0.2) is 157 Å². The average Bonchev–Trinajstić information content (AvgIpc) is 4.05. The topological polar surface area (TPSA) is 130 Å². The van der Waals surface area contributed by atoms with Crippen molar-refractivity contribution < 1.29 is 33.1 Å². The number of hydrogen-bond acceptors (Lipinski definition) is 12. The molecule has 2 aliphatic rings. The molecule has 2 saturated heterocycles. The molecular formula is C50H51N4O8PS2. The van der Waals surface area contributed by atoms with E-state index in [1.54, 1.807) is 62.1 Å². The largest absolute Gasteiger partial charge is 0.497 e. The van der Waals surface area contributed by atoms with E-state index in [1.807, 2.05) is 115 Å². The van der Waals surface area contributed by atoms with Crippen LogP contribution in [-0.4, -0.2) is 82.9 Å². The molecule has 2 fully saturated rings. The van der Waals surface area contributed by atoms with Crippen LogP contribution < -0.4 is 20.5 Å². The lowest BCUT2D eigenvalue weighted by Crippen LogP contribution is -2.38. The average molecular weight is 931 g/mol. The number of benzene rings is 5. The van der Waals surface area contributed by atoms with Gasteiger partial charge < -0.3 is 28.8 Å². The number of anilines is 1. The van der Waals surface area contributed by atoms with E-state index in [1.165, 1.54) is 16.3 Å². The van der Waals surface area contributed by atoms with Gasteiger partial charge in [-0.05, 0) is 72.0 Å². The molecule has 0 aliphatic carbocycles. The summed E-state index contributed by atoms with van der Waals surface area (Å²) < 4.78 is 36.4. The summed E-state index contributed by atoms with van der Waals surface area (Å²) in [7, 11) is 2.09. The quantitative estimate of drug-likeness (QED) is 0.0472. The van der Waals surface area contributed by atoms with E-state index in [-0.39, 0.29) is 23.4 Å². The summed E-state index contributed by atoms with van der Waals surface area (Å²) in [6.45, 7) is 1.88. The van der Waals surface area contributed by atoms with Gasteiger partial charge in [0.05, 0.1) is 26.9 Å². The molecule has 1 N–H and O–H groups in total. The van der Waals surface area contributed by atoms with E-state index in [9.17, 15) is 14.4 Å². The van der Waals surface area contributed by atoms with Crippen LogP contribution in [-0.2, 0) is 19.6 Å². The van der Waals surface area contributed by atoms with Gasteiger partial charge in [-0.1, -0.05) is 126 Å². The highest BCUT2D eigenvalue weighted by molar-refractivity contribution is 8.53. The standard InChI is InChI=1S/C50H51N4O8PS2/c1-58-41-24-20-39(21-25-41)50(38-18-10-5-11-19-38,40-22-26-42(59-2)27-23-40)60-35-44-43(62-63(53-29-12-13-30-53)65-33-32-64-48(56)37-16-8-4-9-17-37)34-46(61-44)54-31-28-45(52-49(54)57)51-47(55)36-14-6-3-7-15-36/h3-11,14-28,31,43-44,46H,12-13,29-30,32-35H2,1-2H3,(H,51,52,55,57)/t43-,44+,46+,63?/m0/s1. The smallest absolute Gasteiger partial charge is 0.351 e. The lowest BCUT2D eigenvalue weighted by Gasteiger charge is -2.37. The summed E-state index contributed by atoms with van der Waals surface area (Å²) in [6.07, 6.45) is 2.19. The van der Waals surface area contributed by atoms with Crippen LogP contribution in [0.2, 0.25) is 0 Å². The van der Waals surface area contributed by atoms with Crippen LogP contribution in [0.5, 0.6) is 11.5 Å². The number of hydrogen-bond donors (Lipinski definition) is 1. The highest BCUT2D eigenvalue weighted by Crippen LogP contribution is 2.58. The van der Waals surface area contributed by atoms with Crippen LogP contribution in [0, 0.1) is 0 Å². The van der Waals surface area contributed by atoms with E-state index in [0.29, 0.717) is 40.6 Å². The van der Waals surface area contributed by atoms with Crippen molar-refractivity contribution in [3.05, 3.63) is 190 Å². The normalized spacial score (nSPS) is 18.0. The first-order valence-electron chi connectivity index (χ1n) is 21.5. The molecular weight excluding hydrogens is 880 g/mol. The first kappa shape index (κ1) is 46.2. The molecule has 0 spiro atoms. The minimum absolute atomic E-state index is 0.0437. The third-order valence-electron chi connectivity index (χ3n) is 11.3. The zero-order valence-corrected chi connectivity index (χ0v) is 38.7. The Kier molecular flexibility index (Phi) is 15.8. The molecule has 336 valence electrons. The van der Waals surface area contributed by atoms with E-state index in [2.05, 4.69) is 15.0 Å². The maximum Gasteiger partial charge on any atom is 0.351 e. The van der Waals surface area contributed by atoms with Gasteiger partial charge in [-0.2, -0.15) is 4.98 Å². The Bertz CT molecular complexity index is 2490. The van der Waals surface area contributed by atoms with Crippen molar-refractivity contribution in [2.24, 2.45) is 0 Å². The molecule has 0 bridgehead atoms. The summed E-state index contributed by atoms with van der Waals surface area (Å²) in [5, 5.41) is 2.78. The van der Waals surface area contributed by atoms with Crippen LogP contribution in [0.1, 0.15) is 62.9 Å². The summed E-state index contributed by atoms with van der Waals surface area (Å²) in [6, 6.07) is 45.5. The van der Waals surface area contributed by atoms with Gasteiger partial charge in [-0.25, -0.2) is 4.79 Å². The van der Waals surface area contributed by atoms with Crippen molar-refractivity contribution in [1.29, 1.82) is 0 Å². The fourth-order valence-corrected chi connectivity index (χ4v) is 13.3. The number of nitrogens with zero attached hydrogens (tertiary/aromatic N) is 3. The number of amides is 1. The highest BCUT2D eigenvalue weighted by atomic mass is 32.7. The van der Waals surface area contributed by atoms with E-state index < -0.39 is 37.2 Å². The molecule has 6 aromatic rings. The van der Waals surface area contributed by atoms with Gasteiger partial charge in [0.25, 0.3) is 5.91 Å². The Labute approximate surface area is 388 Å². The fourth-order valence-electron chi connectivity index (χ4n) is 7.96. The Morgan fingerprint density at radius 3 is 1.91 bits per heavy atom. The number of ether oxygens (including phenoxy) is 4. The number of methoxy groups -OCH3 is 2. The van der Waals surface area contributed by atoms with Crippen molar-refractivity contribution in [2.45, 2.75) is 43.3 Å². The molecule has 5 aromatic carbocycles. The van der Waals surface area contributed by atoms with Crippen LogP contribution in [0.25, 0.3) is 0 Å². The number of carbonyl (C=O) groups excluding carboxylic acids is 2.